The molecule has 0 radical (unpaired) electrons. The van der Waals surface area contributed by atoms with E-state index in [0.717, 1.165) is 50.4 Å². The van der Waals surface area contributed by atoms with Gasteiger partial charge in [-0.1, -0.05) is 0 Å². The highest BCUT2D eigenvalue weighted by Crippen LogP contribution is 2.23. The molecule has 3 heterocycles. The number of nitrogens with zero attached hydrogens (tertiary/aromatic N) is 2. The first-order valence-electron chi connectivity index (χ1n) is 6.83. The van der Waals surface area contributed by atoms with Crippen LogP contribution in [0.5, 0.6) is 0 Å². The van der Waals surface area contributed by atoms with Gasteiger partial charge in [-0.05, 0) is 18.8 Å². The van der Waals surface area contributed by atoms with Gasteiger partial charge in [0, 0.05) is 43.9 Å². The van der Waals surface area contributed by atoms with Crippen LogP contribution >= 0.6 is 0 Å². The number of nitrogens with one attached hydrogen (secondary N) is 1. The molecule has 1 saturated heterocycles. The molecule has 0 saturated carbocycles. The summed E-state index contributed by atoms with van der Waals surface area (Å²) in [5.74, 6) is -0.365. The van der Waals surface area contributed by atoms with Crippen LogP contribution in [0.4, 0.5) is 0 Å². The second-order valence-electron chi connectivity index (χ2n) is 5.40. The van der Waals surface area contributed by atoms with E-state index in [-0.39, 0.29) is 5.69 Å². The van der Waals surface area contributed by atoms with Gasteiger partial charge in [0.1, 0.15) is 0 Å². The minimum Gasteiger partial charge on any atom is -0.476 e. The highest BCUT2D eigenvalue weighted by Gasteiger charge is 2.27. The average Bonchev–Trinajstić information content (AvgIpc) is 2.83. The fourth-order valence-corrected chi connectivity index (χ4v) is 3.00. The molecular weight excluding hydrogens is 246 g/mol. The van der Waals surface area contributed by atoms with Crippen LogP contribution < -0.4 is 0 Å². The maximum atomic E-state index is 11.1. The Bertz CT molecular complexity index is 466. The van der Waals surface area contributed by atoms with E-state index in [1.54, 1.807) is 0 Å². The Morgan fingerprint density at radius 3 is 3.21 bits per heavy atom. The number of aromatic amines is 1. The number of fused-ring (bicyclic) bond motifs is 1. The zero-order valence-corrected chi connectivity index (χ0v) is 10.9. The molecule has 1 aromatic heterocycles. The Morgan fingerprint density at radius 1 is 1.58 bits per heavy atom. The van der Waals surface area contributed by atoms with Crippen molar-refractivity contribution in [1.82, 2.24) is 15.1 Å². The van der Waals surface area contributed by atoms with Gasteiger partial charge in [-0.15, -0.1) is 0 Å². The van der Waals surface area contributed by atoms with E-state index in [1.807, 2.05) is 0 Å². The number of aromatic carboxylic acids is 1. The Kier molecular flexibility index (Phi) is 3.52. The molecule has 0 amide bonds. The van der Waals surface area contributed by atoms with Crippen LogP contribution in [0.2, 0.25) is 0 Å². The molecule has 2 aliphatic heterocycles. The number of ether oxygens (including phenoxy) is 1. The van der Waals surface area contributed by atoms with Crippen molar-refractivity contribution in [2.24, 2.45) is 5.92 Å². The monoisotopic (exact) mass is 265 g/mol. The lowest BCUT2D eigenvalue weighted by atomic mass is 9.99. The maximum absolute atomic E-state index is 11.1. The number of aromatic nitrogens is 2. The van der Waals surface area contributed by atoms with E-state index in [9.17, 15) is 4.79 Å². The number of hydrogen-bond donors (Lipinski definition) is 2. The van der Waals surface area contributed by atoms with Gasteiger partial charge in [-0.3, -0.25) is 10.00 Å². The first kappa shape index (κ1) is 12.6. The number of carbonyl (C=O) groups is 1. The van der Waals surface area contributed by atoms with Gasteiger partial charge in [-0.25, -0.2) is 4.79 Å². The summed E-state index contributed by atoms with van der Waals surface area (Å²) in [5, 5.41) is 15.9. The second kappa shape index (κ2) is 5.30. The Morgan fingerprint density at radius 2 is 2.47 bits per heavy atom. The molecule has 1 fully saturated rings. The fraction of sp³-hybridized carbons (Fsp3) is 0.692. The Labute approximate surface area is 111 Å². The smallest absolute Gasteiger partial charge is 0.356 e. The van der Waals surface area contributed by atoms with Crippen LogP contribution in [0.1, 0.15) is 34.6 Å². The maximum Gasteiger partial charge on any atom is 0.356 e. The SMILES string of the molecule is O=C(O)c1n[nH]c2c1CN(C[C@H]1CCCOC1)CC2. The third-order valence-corrected chi connectivity index (χ3v) is 3.99. The van der Waals surface area contributed by atoms with E-state index in [1.165, 1.54) is 6.42 Å². The number of carboxylic acid groups (broad SMARTS) is 1. The van der Waals surface area contributed by atoms with Gasteiger partial charge in [-0.2, -0.15) is 5.10 Å². The van der Waals surface area contributed by atoms with Crippen LogP contribution in [-0.4, -0.2) is 52.5 Å². The standard InChI is InChI=1S/C13H19N3O3/c17-13(18)12-10-7-16(4-3-11(10)14-15-12)6-9-2-1-5-19-8-9/h9H,1-8H2,(H,14,15)(H,17,18)/t9-/m1/s1. The van der Waals surface area contributed by atoms with Crippen molar-refractivity contribution >= 4 is 5.97 Å². The normalized spacial score (nSPS) is 24.1. The van der Waals surface area contributed by atoms with Crippen LogP contribution in [0.15, 0.2) is 0 Å². The predicted molar refractivity (Wildman–Crippen MR) is 68.1 cm³/mol. The molecule has 2 N–H and O–H groups in total. The molecule has 1 atom stereocenters. The Hall–Kier alpha value is -1.40. The summed E-state index contributed by atoms with van der Waals surface area (Å²) in [4.78, 5) is 13.4. The molecule has 0 aromatic carbocycles. The van der Waals surface area contributed by atoms with E-state index in [4.69, 9.17) is 9.84 Å². The molecule has 0 aliphatic carbocycles. The van der Waals surface area contributed by atoms with Crippen LogP contribution in [0, 0.1) is 5.92 Å². The van der Waals surface area contributed by atoms with E-state index in [2.05, 4.69) is 15.1 Å². The van der Waals surface area contributed by atoms with Gasteiger partial charge in [0.15, 0.2) is 5.69 Å². The predicted octanol–water partition coefficient (Wildman–Crippen LogP) is 0.893. The fourth-order valence-electron chi connectivity index (χ4n) is 3.00. The molecule has 0 bridgehead atoms. The van der Waals surface area contributed by atoms with E-state index >= 15 is 0 Å². The van der Waals surface area contributed by atoms with Crippen molar-refractivity contribution in [3.8, 4) is 0 Å². The minimum absolute atomic E-state index is 0.180. The van der Waals surface area contributed by atoms with Crippen molar-refractivity contribution in [2.75, 3.05) is 26.3 Å². The third-order valence-electron chi connectivity index (χ3n) is 3.99. The van der Waals surface area contributed by atoms with Crippen LogP contribution in [0.3, 0.4) is 0 Å². The van der Waals surface area contributed by atoms with Gasteiger partial charge in [0.2, 0.25) is 0 Å². The Balaban J connectivity index is 1.67. The molecule has 0 spiro atoms. The summed E-state index contributed by atoms with van der Waals surface area (Å²) in [6.45, 7) is 4.35. The van der Waals surface area contributed by atoms with Crippen molar-refractivity contribution in [3.05, 3.63) is 17.0 Å². The van der Waals surface area contributed by atoms with Gasteiger partial charge < -0.3 is 9.84 Å². The van der Waals surface area contributed by atoms with Crippen LogP contribution in [0.25, 0.3) is 0 Å². The summed E-state index contributed by atoms with van der Waals surface area (Å²) >= 11 is 0. The van der Waals surface area contributed by atoms with Gasteiger partial charge in [0.25, 0.3) is 0 Å². The molecule has 2 aliphatic rings. The van der Waals surface area contributed by atoms with Crippen LogP contribution in [-0.2, 0) is 17.7 Å². The minimum atomic E-state index is -0.944. The quantitative estimate of drug-likeness (QED) is 0.848. The largest absolute Gasteiger partial charge is 0.476 e. The summed E-state index contributed by atoms with van der Waals surface area (Å²) in [6, 6.07) is 0. The van der Waals surface area contributed by atoms with Crippen molar-refractivity contribution < 1.29 is 14.6 Å². The highest BCUT2D eigenvalue weighted by molar-refractivity contribution is 5.87. The third kappa shape index (κ3) is 2.64. The summed E-state index contributed by atoms with van der Waals surface area (Å²) in [5.41, 5.74) is 2.02. The number of H-pyrrole nitrogens is 1. The van der Waals surface area contributed by atoms with Crippen molar-refractivity contribution in [3.63, 3.8) is 0 Å². The lowest BCUT2D eigenvalue weighted by Crippen LogP contribution is -2.37. The molecule has 19 heavy (non-hydrogen) atoms. The summed E-state index contributed by atoms with van der Waals surface area (Å²) < 4.78 is 5.50. The molecule has 0 unspecified atom stereocenters. The molecular formula is C13H19N3O3. The zero-order valence-electron chi connectivity index (χ0n) is 10.9. The van der Waals surface area contributed by atoms with Gasteiger partial charge in [0.05, 0.1) is 6.61 Å². The van der Waals surface area contributed by atoms with E-state index < -0.39 is 5.97 Å². The summed E-state index contributed by atoms with van der Waals surface area (Å²) in [7, 11) is 0. The van der Waals surface area contributed by atoms with Crippen molar-refractivity contribution in [2.45, 2.75) is 25.8 Å². The topological polar surface area (TPSA) is 78.4 Å². The summed E-state index contributed by atoms with van der Waals surface area (Å²) in [6.07, 6.45) is 3.19. The lowest BCUT2D eigenvalue weighted by Gasteiger charge is -2.32. The number of hydrogen-bond acceptors (Lipinski definition) is 4. The first-order valence-corrected chi connectivity index (χ1v) is 6.83. The van der Waals surface area contributed by atoms with E-state index in [0.29, 0.717) is 12.5 Å². The van der Waals surface area contributed by atoms with Gasteiger partial charge >= 0.3 is 5.97 Å². The molecule has 104 valence electrons. The first-order chi connectivity index (χ1) is 9.24. The number of rotatable bonds is 3. The lowest BCUT2D eigenvalue weighted by molar-refractivity contribution is 0.0362. The number of carboxylic acids is 1. The second-order valence-corrected chi connectivity index (χ2v) is 5.40. The molecule has 3 rings (SSSR count). The molecule has 1 aromatic rings. The average molecular weight is 265 g/mol. The zero-order chi connectivity index (χ0) is 13.2. The van der Waals surface area contributed by atoms with Crippen molar-refractivity contribution in [1.29, 1.82) is 0 Å². The molecule has 6 heteroatoms. The molecule has 6 nitrogen and oxygen atoms in total. The highest BCUT2D eigenvalue weighted by atomic mass is 16.5.